The van der Waals surface area contributed by atoms with E-state index in [1.165, 1.54) is 24.3 Å². The van der Waals surface area contributed by atoms with Crippen LogP contribution in [0.5, 0.6) is 0 Å². The lowest BCUT2D eigenvalue weighted by molar-refractivity contribution is -0.160. The van der Waals surface area contributed by atoms with Crippen molar-refractivity contribution in [3.8, 4) is 0 Å². The Kier molecular flexibility index (Phi) is 9.70. The largest absolute Gasteiger partial charge is 0.458 e. The molecule has 0 aromatic heterocycles. The minimum absolute atomic E-state index is 0.109. The molecule has 0 radical (unpaired) electrons. The molecule has 0 heterocycles. The molecule has 0 aliphatic rings. The highest BCUT2D eigenvalue weighted by Gasteiger charge is 2.18. The smallest absolute Gasteiger partial charge is 0.332 e. The fourth-order valence-electron chi connectivity index (χ4n) is 3.08. The maximum absolute atomic E-state index is 12.4. The third-order valence-electron chi connectivity index (χ3n) is 4.84. The highest BCUT2D eigenvalue weighted by Crippen LogP contribution is 2.16. The first-order valence-electron chi connectivity index (χ1n) is 11.1. The number of aryl methyl sites for hydroxylation is 1. The van der Waals surface area contributed by atoms with Gasteiger partial charge in [-0.1, -0.05) is 42.0 Å². The van der Waals surface area contributed by atoms with Gasteiger partial charge < -0.3 is 9.47 Å². The molecule has 7 nitrogen and oxygen atoms in total. The van der Waals surface area contributed by atoms with E-state index in [2.05, 4.69) is 0 Å². The second kappa shape index (κ2) is 12.0. The summed E-state index contributed by atoms with van der Waals surface area (Å²) >= 11 is 0. The monoisotopic (exact) mass is 488 g/mol. The van der Waals surface area contributed by atoms with E-state index in [4.69, 9.17) is 9.47 Å². The number of benzene rings is 2. The van der Waals surface area contributed by atoms with Crippen molar-refractivity contribution >= 4 is 27.4 Å². The Morgan fingerprint density at radius 2 is 1.35 bits per heavy atom. The van der Waals surface area contributed by atoms with E-state index < -0.39 is 21.4 Å². The van der Waals surface area contributed by atoms with Gasteiger partial charge in [-0.15, -0.1) is 0 Å². The molecule has 0 atom stereocenters. The average molecular weight is 489 g/mol. The van der Waals surface area contributed by atoms with Crippen molar-refractivity contribution in [2.75, 3.05) is 19.0 Å². The van der Waals surface area contributed by atoms with Crippen LogP contribution in [0.15, 0.2) is 53.4 Å². The minimum atomic E-state index is -3.55. The Morgan fingerprint density at radius 3 is 1.88 bits per heavy atom. The molecular formula is C26H32O7S. The molecule has 0 aliphatic heterocycles. The topological polar surface area (TPSA) is 104 Å². The van der Waals surface area contributed by atoms with E-state index in [0.717, 1.165) is 5.56 Å². The molecule has 2 aromatic rings. The van der Waals surface area contributed by atoms with Gasteiger partial charge in [0.2, 0.25) is 0 Å². The average Bonchev–Trinajstić information content (AvgIpc) is 2.76. The molecule has 0 aliphatic carbocycles. The first-order chi connectivity index (χ1) is 15.9. The summed E-state index contributed by atoms with van der Waals surface area (Å²) in [7, 11) is -3.55. The fraction of sp³-hybridized carbons (Fsp3) is 0.423. The second-order valence-corrected chi connectivity index (χ2v) is 11.2. The molecule has 0 bridgehead atoms. The standard InChI is InChI=1S/C26H32O7S/c1-19-7-13-22(14-8-19)34(30,31)17-15-24(28)21-11-9-20(10-12-21)23(27)6-5-16-32-18-25(29)33-26(2,3)4/h7-14H,5-6,15-18H2,1-4H3. The normalized spacial score (nSPS) is 11.8. The highest BCUT2D eigenvalue weighted by molar-refractivity contribution is 7.91. The number of hydrogen-bond donors (Lipinski definition) is 0. The Labute approximate surface area is 201 Å². The summed E-state index contributed by atoms with van der Waals surface area (Å²) in [5.74, 6) is -1.14. The first kappa shape index (κ1) is 27.4. The van der Waals surface area contributed by atoms with Crippen LogP contribution in [0.25, 0.3) is 0 Å². The number of carbonyl (C=O) groups excluding carboxylic acids is 3. The summed E-state index contributed by atoms with van der Waals surface area (Å²) < 4.78 is 35.3. The van der Waals surface area contributed by atoms with E-state index in [1.54, 1.807) is 45.0 Å². The van der Waals surface area contributed by atoms with Gasteiger partial charge in [0.05, 0.1) is 10.6 Å². The van der Waals surface area contributed by atoms with Crippen LogP contribution >= 0.6 is 0 Å². The van der Waals surface area contributed by atoms with Crippen LogP contribution in [0.3, 0.4) is 0 Å². The molecule has 0 unspecified atom stereocenters. The van der Waals surface area contributed by atoms with Crippen LogP contribution in [0.1, 0.15) is 66.3 Å². The van der Waals surface area contributed by atoms with Crippen LogP contribution in [0, 0.1) is 6.92 Å². The summed E-state index contributed by atoms with van der Waals surface area (Å²) in [5, 5.41) is 0. The molecule has 34 heavy (non-hydrogen) atoms. The zero-order valence-electron chi connectivity index (χ0n) is 20.1. The van der Waals surface area contributed by atoms with Crippen LogP contribution in [0.2, 0.25) is 0 Å². The van der Waals surface area contributed by atoms with Crippen molar-refractivity contribution in [3.05, 3.63) is 65.2 Å². The Morgan fingerprint density at radius 1 is 0.824 bits per heavy atom. The molecule has 184 valence electrons. The van der Waals surface area contributed by atoms with Crippen LogP contribution < -0.4 is 0 Å². The summed E-state index contributed by atoms with van der Waals surface area (Å²) in [6, 6.07) is 12.7. The van der Waals surface area contributed by atoms with Gasteiger partial charge in [-0.25, -0.2) is 13.2 Å². The van der Waals surface area contributed by atoms with Crippen LogP contribution in [-0.2, 0) is 24.1 Å². The van der Waals surface area contributed by atoms with Gasteiger partial charge in [0.15, 0.2) is 21.4 Å². The van der Waals surface area contributed by atoms with Crippen molar-refractivity contribution in [3.63, 3.8) is 0 Å². The maximum Gasteiger partial charge on any atom is 0.332 e. The Bertz CT molecular complexity index is 1090. The van der Waals surface area contributed by atoms with E-state index >= 15 is 0 Å². The van der Waals surface area contributed by atoms with Crippen LogP contribution in [-0.4, -0.2) is 50.5 Å². The zero-order valence-corrected chi connectivity index (χ0v) is 20.9. The number of esters is 1. The minimum Gasteiger partial charge on any atom is -0.458 e. The van der Waals surface area contributed by atoms with Crippen molar-refractivity contribution in [2.24, 2.45) is 0 Å². The molecule has 0 N–H and O–H groups in total. The van der Waals surface area contributed by atoms with Gasteiger partial charge in [-0.05, 0) is 46.2 Å². The van der Waals surface area contributed by atoms with Crippen molar-refractivity contribution in [1.82, 2.24) is 0 Å². The van der Waals surface area contributed by atoms with Crippen molar-refractivity contribution < 1.29 is 32.3 Å². The van der Waals surface area contributed by atoms with E-state index in [0.29, 0.717) is 17.5 Å². The van der Waals surface area contributed by atoms with Gasteiger partial charge >= 0.3 is 5.97 Å². The first-order valence-corrected chi connectivity index (χ1v) is 12.8. The molecule has 0 amide bonds. The summed E-state index contributed by atoms with van der Waals surface area (Å²) in [6.07, 6.45) is 0.536. The summed E-state index contributed by atoms with van der Waals surface area (Å²) in [6.45, 7) is 7.27. The molecule has 8 heteroatoms. The maximum atomic E-state index is 12.4. The number of hydrogen-bond acceptors (Lipinski definition) is 7. The van der Waals surface area contributed by atoms with E-state index in [-0.39, 0.29) is 48.3 Å². The van der Waals surface area contributed by atoms with Gasteiger partial charge in [0.1, 0.15) is 12.2 Å². The van der Waals surface area contributed by atoms with Gasteiger partial charge in [-0.2, -0.15) is 0 Å². The van der Waals surface area contributed by atoms with Gasteiger partial charge in [-0.3, -0.25) is 9.59 Å². The Hall–Kier alpha value is -2.84. The second-order valence-electron chi connectivity index (χ2n) is 9.05. The van der Waals surface area contributed by atoms with E-state index in [1.807, 2.05) is 6.92 Å². The van der Waals surface area contributed by atoms with E-state index in [9.17, 15) is 22.8 Å². The number of ketones is 2. The van der Waals surface area contributed by atoms with Crippen molar-refractivity contribution in [1.29, 1.82) is 0 Å². The number of carbonyl (C=O) groups is 3. The predicted octanol–water partition coefficient (Wildman–Crippen LogP) is 4.36. The summed E-state index contributed by atoms with van der Waals surface area (Å²) in [4.78, 5) is 36.5. The molecule has 2 aromatic carbocycles. The molecule has 0 saturated heterocycles. The number of Topliss-reactive ketones (excluding diaryl/α,β-unsaturated/α-hetero) is 2. The lowest BCUT2D eigenvalue weighted by Gasteiger charge is -2.19. The lowest BCUT2D eigenvalue weighted by atomic mass is 10.0. The molecule has 0 fully saturated rings. The molecule has 2 rings (SSSR count). The third-order valence-corrected chi connectivity index (χ3v) is 6.57. The predicted molar refractivity (Wildman–Crippen MR) is 129 cm³/mol. The van der Waals surface area contributed by atoms with Crippen molar-refractivity contribution in [2.45, 2.75) is 57.5 Å². The number of ether oxygens (including phenoxy) is 2. The van der Waals surface area contributed by atoms with Gasteiger partial charge in [0.25, 0.3) is 0 Å². The number of sulfone groups is 1. The lowest BCUT2D eigenvalue weighted by Crippen LogP contribution is -2.26. The summed E-state index contributed by atoms with van der Waals surface area (Å²) in [5.41, 5.74) is 1.20. The Balaban J connectivity index is 1.78. The zero-order chi connectivity index (χ0) is 25.4. The van der Waals surface area contributed by atoms with Gasteiger partial charge in [0, 0.05) is 30.6 Å². The SMILES string of the molecule is Cc1ccc(S(=O)(=O)CCC(=O)c2ccc(C(=O)CCCOCC(=O)OC(C)(C)C)cc2)cc1. The molecule has 0 spiro atoms. The van der Waals surface area contributed by atoms with Crippen LogP contribution in [0.4, 0.5) is 0 Å². The fourth-order valence-corrected chi connectivity index (χ4v) is 4.32. The highest BCUT2D eigenvalue weighted by atomic mass is 32.2. The quantitative estimate of drug-likeness (QED) is 0.248. The third kappa shape index (κ3) is 9.19. The molecular weight excluding hydrogens is 456 g/mol. The number of rotatable bonds is 12. The molecule has 0 saturated carbocycles.